The number of aryl methyl sites for hydroxylation is 1. The van der Waals surface area contributed by atoms with E-state index in [9.17, 15) is 9.59 Å². The van der Waals surface area contributed by atoms with E-state index in [4.69, 9.17) is 5.73 Å². The molecule has 1 rings (SSSR count). The minimum atomic E-state index is -0.745. The van der Waals surface area contributed by atoms with Crippen LogP contribution in [0.3, 0.4) is 0 Å². The van der Waals surface area contributed by atoms with Crippen LogP contribution >= 0.6 is 0 Å². The summed E-state index contributed by atoms with van der Waals surface area (Å²) in [6.45, 7) is 0.317. The van der Waals surface area contributed by atoms with E-state index in [1.165, 1.54) is 0 Å². The van der Waals surface area contributed by atoms with Gasteiger partial charge in [-0.15, -0.1) is 0 Å². The summed E-state index contributed by atoms with van der Waals surface area (Å²) in [5.74, 6) is 6.01. The van der Waals surface area contributed by atoms with Crippen molar-refractivity contribution in [3.63, 3.8) is 0 Å². The number of nitrogens with two attached hydrogens (primary N) is 1. The lowest BCUT2D eigenvalue weighted by molar-refractivity contribution is -0.120. The molecule has 0 aliphatic heterocycles. The van der Waals surface area contributed by atoms with Gasteiger partial charge in [-0.05, 0) is 30.5 Å². The van der Waals surface area contributed by atoms with Gasteiger partial charge in [-0.3, -0.25) is 4.79 Å². The number of hydrogen-bond donors (Lipinski definition) is 2. The molecular formula is C16H20N2O3. The van der Waals surface area contributed by atoms with Crippen LogP contribution in [0.1, 0.15) is 30.4 Å². The van der Waals surface area contributed by atoms with Gasteiger partial charge in [0.05, 0.1) is 6.61 Å². The second kappa shape index (κ2) is 9.43. The van der Waals surface area contributed by atoms with E-state index in [0.29, 0.717) is 19.4 Å². The van der Waals surface area contributed by atoms with Gasteiger partial charge in [0.1, 0.15) is 0 Å². The normalized spacial score (nSPS) is 9.38. The van der Waals surface area contributed by atoms with Crippen molar-refractivity contribution in [2.45, 2.75) is 25.7 Å². The Bertz CT molecular complexity index is 544. The quantitative estimate of drug-likeness (QED) is 0.616. The summed E-state index contributed by atoms with van der Waals surface area (Å²) < 4.78 is 4.68. The highest BCUT2D eigenvalue weighted by Crippen LogP contribution is 2.07. The summed E-state index contributed by atoms with van der Waals surface area (Å²) in [5.41, 5.74) is 6.93. The molecule has 0 spiro atoms. The van der Waals surface area contributed by atoms with E-state index < -0.39 is 6.09 Å². The highest BCUT2D eigenvalue weighted by molar-refractivity contribution is 5.75. The maximum absolute atomic E-state index is 11.0. The third-order valence-corrected chi connectivity index (χ3v) is 2.77. The molecule has 1 aromatic rings. The van der Waals surface area contributed by atoms with Crippen LogP contribution < -0.4 is 11.1 Å². The third-order valence-electron chi connectivity index (χ3n) is 2.77. The number of hydrogen-bond acceptors (Lipinski definition) is 3. The molecule has 0 saturated carbocycles. The molecular weight excluding hydrogens is 268 g/mol. The molecule has 0 radical (unpaired) electrons. The van der Waals surface area contributed by atoms with Gasteiger partial charge < -0.3 is 15.8 Å². The van der Waals surface area contributed by atoms with Crippen molar-refractivity contribution in [3.05, 3.63) is 35.4 Å². The van der Waals surface area contributed by atoms with Gasteiger partial charge in [-0.2, -0.15) is 0 Å². The van der Waals surface area contributed by atoms with Gasteiger partial charge in [-0.25, -0.2) is 4.79 Å². The Balaban J connectivity index is 2.43. The van der Waals surface area contributed by atoms with Gasteiger partial charge in [0.2, 0.25) is 5.91 Å². The zero-order valence-corrected chi connectivity index (χ0v) is 12.1. The summed E-state index contributed by atoms with van der Waals surface area (Å²) in [6, 6.07) is 7.86. The predicted molar refractivity (Wildman–Crippen MR) is 80.5 cm³/mol. The van der Waals surface area contributed by atoms with E-state index in [-0.39, 0.29) is 5.91 Å². The van der Waals surface area contributed by atoms with Crippen molar-refractivity contribution in [1.29, 1.82) is 0 Å². The van der Waals surface area contributed by atoms with Crippen LogP contribution in [0.5, 0.6) is 0 Å². The number of carbonyl (C=O) groups excluding carboxylic acids is 2. The van der Waals surface area contributed by atoms with Gasteiger partial charge >= 0.3 is 6.09 Å². The Labute approximate surface area is 124 Å². The number of ether oxygens (including phenoxy) is 1. The van der Waals surface area contributed by atoms with Crippen LogP contribution in [0.2, 0.25) is 0 Å². The monoisotopic (exact) mass is 288 g/mol. The zero-order valence-electron chi connectivity index (χ0n) is 12.1. The fourth-order valence-corrected chi connectivity index (χ4v) is 1.72. The zero-order chi connectivity index (χ0) is 15.5. The van der Waals surface area contributed by atoms with E-state index >= 15 is 0 Å². The number of rotatable bonds is 6. The molecule has 2 amide bonds. The second-order valence-electron chi connectivity index (χ2n) is 4.45. The molecule has 112 valence electrons. The summed E-state index contributed by atoms with van der Waals surface area (Å²) in [7, 11) is 1.61. The molecule has 0 aliphatic rings. The van der Waals surface area contributed by atoms with Crippen molar-refractivity contribution in [3.8, 4) is 11.8 Å². The number of nitrogens with one attached hydrogen (secondary N) is 1. The number of benzene rings is 1. The standard InChI is InChI=1S/C16H20N2O3/c1-18-15(19)10-3-2-6-13-7-4-8-14(12-13)9-5-11-21-16(17)20/h4,7-8,12H,3,5,9-11H2,1H3,(H2,17,20)(H,18,19). The molecule has 0 atom stereocenters. The minimum Gasteiger partial charge on any atom is -0.450 e. The largest absolute Gasteiger partial charge is 0.450 e. The first-order valence-corrected chi connectivity index (χ1v) is 6.82. The lowest BCUT2D eigenvalue weighted by Crippen LogP contribution is -2.16. The van der Waals surface area contributed by atoms with Gasteiger partial charge in [0, 0.05) is 25.5 Å². The molecule has 5 heteroatoms. The van der Waals surface area contributed by atoms with Crippen LogP contribution in [0.15, 0.2) is 24.3 Å². The molecule has 0 bridgehead atoms. The minimum absolute atomic E-state index is 0.00694. The van der Waals surface area contributed by atoms with Gasteiger partial charge in [0.15, 0.2) is 0 Å². The molecule has 21 heavy (non-hydrogen) atoms. The Morgan fingerprint density at radius 1 is 1.38 bits per heavy atom. The van der Waals surface area contributed by atoms with Gasteiger partial charge in [-0.1, -0.05) is 24.0 Å². The first-order chi connectivity index (χ1) is 10.1. The fourth-order valence-electron chi connectivity index (χ4n) is 1.72. The van der Waals surface area contributed by atoms with Crippen LogP contribution in [-0.2, 0) is 16.0 Å². The van der Waals surface area contributed by atoms with Crippen molar-refractivity contribution in [2.24, 2.45) is 5.73 Å². The van der Waals surface area contributed by atoms with Gasteiger partial charge in [0.25, 0.3) is 0 Å². The summed E-state index contributed by atoms with van der Waals surface area (Å²) in [4.78, 5) is 21.5. The maximum atomic E-state index is 11.0. The van der Waals surface area contributed by atoms with Crippen molar-refractivity contribution in [2.75, 3.05) is 13.7 Å². The Morgan fingerprint density at radius 2 is 2.19 bits per heavy atom. The highest BCUT2D eigenvalue weighted by atomic mass is 16.5. The topological polar surface area (TPSA) is 81.4 Å². The molecule has 0 saturated heterocycles. The van der Waals surface area contributed by atoms with E-state index in [1.54, 1.807) is 7.05 Å². The fraction of sp³-hybridized carbons (Fsp3) is 0.375. The Hall–Kier alpha value is -2.48. The van der Waals surface area contributed by atoms with Crippen LogP contribution in [-0.4, -0.2) is 25.7 Å². The number of amides is 2. The second-order valence-corrected chi connectivity index (χ2v) is 4.45. The predicted octanol–water partition coefficient (Wildman–Crippen LogP) is 1.59. The first-order valence-electron chi connectivity index (χ1n) is 6.82. The Morgan fingerprint density at radius 3 is 2.90 bits per heavy atom. The van der Waals surface area contributed by atoms with Crippen LogP contribution in [0, 0.1) is 11.8 Å². The smallest absolute Gasteiger partial charge is 0.404 e. The number of carbonyl (C=O) groups is 2. The molecule has 5 nitrogen and oxygen atoms in total. The summed E-state index contributed by atoms with van der Waals surface area (Å²) in [6.07, 6.45) is 1.72. The Kier molecular flexibility index (Phi) is 7.44. The first kappa shape index (κ1) is 16.6. The number of primary amides is 1. The van der Waals surface area contributed by atoms with E-state index in [1.807, 2.05) is 24.3 Å². The molecule has 0 aromatic heterocycles. The lowest BCUT2D eigenvalue weighted by Gasteiger charge is -2.02. The molecule has 1 aromatic carbocycles. The average Bonchev–Trinajstić information content (AvgIpc) is 2.48. The molecule has 3 N–H and O–H groups in total. The molecule has 0 aliphatic carbocycles. The highest BCUT2D eigenvalue weighted by Gasteiger charge is 1.97. The SMILES string of the molecule is CNC(=O)CCC#Cc1cccc(CCCOC(N)=O)c1. The summed E-state index contributed by atoms with van der Waals surface area (Å²) >= 11 is 0. The lowest BCUT2D eigenvalue weighted by atomic mass is 10.1. The van der Waals surface area contributed by atoms with Crippen molar-refractivity contribution < 1.29 is 14.3 Å². The van der Waals surface area contributed by atoms with Crippen LogP contribution in [0.4, 0.5) is 4.79 Å². The van der Waals surface area contributed by atoms with Crippen LogP contribution in [0.25, 0.3) is 0 Å². The summed E-state index contributed by atoms with van der Waals surface area (Å²) in [5, 5.41) is 2.56. The maximum Gasteiger partial charge on any atom is 0.404 e. The van der Waals surface area contributed by atoms with E-state index in [0.717, 1.165) is 24.0 Å². The molecule has 0 fully saturated rings. The van der Waals surface area contributed by atoms with Crippen molar-refractivity contribution >= 4 is 12.0 Å². The van der Waals surface area contributed by atoms with Crippen molar-refractivity contribution in [1.82, 2.24) is 5.32 Å². The molecule has 0 heterocycles. The third kappa shape index (κ3) is 7.63. The van der Waals surface area contributed by atoms with E-state index in [2.05, 4.69) is 21.9 Å². The average molecular weight is 288 g/mol. The molecule has 0 unspecified atom stereocenters.